The number of benzene rings is 2. The van der Waals surface area contributed by atoms with E-state index >= 15 is 0 Å². The molecule has 0 bridgehead atoms. The molecular formula is C21H14ClNO3. The van der Waals surface area contributed by atoms with Crippen molar-refractivity contribution < 1.29 is 14.3 Å². The van der Waals surface area contributed by atoms with Crippen LogP contribution in [0, 0.1) is 6.92 Å². The first-order chi connectivity index (χ1) is 12.5. The van der Waals surface area contributed by atoms with Gasteiger partial charge in [-0.25, -0.2) is 9.78 Å². The first kappa shape index (κ1) is 16.4. The number of carbonyl (C=O) groups is 1. The fourth-order valence-electron chi connectivity index (χ4n) is 2.93. The lowest BCUT2D eigenvalue weighted by Crippen LogP contribution is -2.00. The highest BCUT2D eigenvalue weighted by atomic mass is 35.5. The van der Waals surface area contributed by atoms with Crippen molar-refractivity contribution in [3.63, 3.8) is 0 Å². The second kappa shape index (κ2) is 6.32. The molecule has 0 aliphatic heterocycles. The van der Waals surface area contributed by atoms with Gasteiger partial charge in [0.25, 0.3) is 0 Å². The second-order valence-electron chi connectivity index (χ2n) is 6.06. The Labute approximate surface area is 154 Å². The number of furan rings is 1. The molecule has 0 fully saturated rings. The van der Waals surface area contributed by atoms with Crippen molar-refractivity contribution in [3.8, 4) is 22.8 Å². The second-order valence-corrected chi connectivity index (χ2v) is 6.49. The van der Waals surface area contributed by atoms with Crippen LogP contribution in [0.1, 0.15) is 15.9 Å². The van der Waals surface area contributed by atoms with Crippen LogP contribution in [0.15, 0.2) is 65.1 Å². The van der Waals surface area contributed by atoms with Gasteiger partial charge in [0.1, 0.15) is 11.5 Å². The van der Waals surface area contributed by atoms with E-state index in [2.05, 4.69) is 4.98 Å². The van der Waals surface area contributed by atoms with E-state index in [1.807, 2.05) is 37.3 Å². The van der Waals surface area contributed by atoms with Crippen LogP contribution in [0.5, 0.6) is 0 Å². The van der Waals surface area contributed by atoms with Crippen molar-refractivity contribution in [2.24, 2.45) is 0 Å². The van der Waals surface area contributed by atoms with Crippen molar-refractivity contribution in [1.82, 2.24) is 4.98 Å². The van der Waals surface area contributed by atoms with Gasteiger partial charge < -0.3 is 9.52 Å². The molecule has 4 rings (SSSR count). The summed E-state index contributed by atoms with van der Waals surface area (Å²) >= 11 is 6.00. The Morgan fingerprint density at radius 1 is 1.04 bits per heavy atom. The Morgan fingerprint density at radius 2 is 1.85 bits per heavy atom. The minimum Gasteiger partial charge on any atom is -0.478 e. The van der Waals surface area contributed by atoms with Crippen molar-refractivity contribution in [2.75, 3.05) is 0 Å². The van der Waals surface area contributed by atoms with Gasteiger partial charge in [0.05, 0.1) is 11.1 Å². The van der Waals surface area contributed by atoms with E-state index in [4.69, 9.17) is 16.0 Å². The molecule has 0 amide bonds. The topological polar surface area (TPSA) is 63.3 Å². The third kappa shape index (κ3) is 2.95. The highest BCUT2D eigenvalue weighted by molar-refractivity contribution is 6.31. The number of rotatable bonds is 3. The van der Waals surface area contributed by atoms with Crippen molar-refractivity contribution in [2.45, 2.75) is 6.92 Å². The lowest BCUT2D eigenvalue weighted by Gasteiger charge is -2.06. The minimum atomic E-state index is -1.04. The van der Waals surface area contributed by atoms with Crippen LogP contribution in [-0.2, 0) is 0 Å². The van der Waals surface area contributed by atoms with Gasteiger partial charge in [-0.1, -0.05) is 35.4 Å². The van der Waals surface area contributed by atoms with Crippen LogP contribution >= 0.6 is 11.6 Å². The predicted octanol–water partition coefficient (Wildman–Crippen LogP) is 5.82. The maximum atomic E-state index is 11.7. The number of hydrogen-bond acceptors (Lipinski definition) is 3. The summed E-state index contributed by atoms with van der Waals surface area (Å²) in [6.45, 7) is 2.02. The zero-order valence-corrected chi connectivity index (χ0v) is 14.6. The lowest BCUT2D eigenvalue weighted by atomic mass is 10.1. The summed E-state index contributed by atoms with van der Waals surface area (Å²) < 4.78 is 5.94. The van der Waals surface area contributed by atoms with Crippen molar-refractivity contribution in [3.05, 3.63) is 76.8 Å². The number of carboxylic acid groups (broad SMARTS) is 1. The van der Waals surface area contributed by atoms with E-state index in [0.717, 1.165) is 11.1 Å². The normalized spacial score (nSPS) is 11.0. The molecule has 0 radical (unpaired) electrons. The molecule has 4 aromatic rings. The minimum absolute atomic E-state index is 0.140. The Hall–Kier alpha value is -3.11. The number of halogens is 1. The number of fused-ring (bicyclic) bond motifs is 1. The summed E-state index contributed by atoms with van der Waals surface area (Å²) in [6.07, 6.45) is 0. The van der Waals surface area contributed by atoms with Gasteiger partial charge in [0.2, 0.25) is 0 Å². The standard InChI is InChI=1S/C21H14ClNO3/c1-12-3-2-4-13(9-12)19-7-8-20(26-19)18-11-16(21(24)25)15-10-14(22)5-6-17(15)23-18/h2-11H,1H3,(H,24,25). The quantitative estimate of drug-likeness (QED) is 0.498. The first-order valence-corrected chi connectivity index (χ1v) is 8.40. The molecule has 0 aliphatic rings. The number of aromatic carboxylic acids is 1. The predicted molar refractivity (Wildman–Crippen MR) is 102 cm³/mol. The van der Waals surface area contributed by atoms with Gasteiger partial charge in [-0.3, -0.25) is 0 Å². The number of nitrogens with zero attached hydrogens (tertiary/aromatic N) is 1. The zero-order valence-electron chi connectivity index (χ0n) is 13.9. The Balaban J connectivity index is 1.85. The monoisotopic (exact) mass is 363 g/mol. The molecule has 0 aliphatic carbocycles. The van der Waals surface area contributed by atoms with E-state index in [-0.39, 0.29) is 5.56 Å². The summed E-state index contributed by atoms with van der Waals surface area (Å²) in [7, 11) is 0. The van der Waals surface area contributed by atoms with E-state index in [0.29, 0.717) is 33.1 Å². The average Bonchev–Trinajstić information content (AvgIpc) is 3.11. The molecule has 0 unspecified atom stereocenters. The molecule has 2 aromatic heterocycles. The fourth-order valence-corrected chi connectivity index (χ4v) is 3.10. The van der Waals surface area contributed by atoms with Crippen LogP contribution < -0.4 is 0 Å². The Morgan fingerprint density at radius 3 is 2.62 bits per heavy atom. The largest absolute Gasteiger partial charge is 0.478 e. The lowest BCUT2D eigenvalue weighted by molar-refractivity contribution is 0.0699. The fraction of sp³-hybridized carbons (Fsp3) is 0.0476. The molecule has 2 aromatic carbocycles. The molecule has 26 heavy (non-hydrogen) atoms. The van der Waals surface area contributed by atoms with Crippen molar-refractivity contribution in [1.29, 1.82) is 0 Å². The van der Waals surface area contributed by atoms with Crippen LogP contribution in [0.4, 0.5) is 0 Å². The molecule has 1 N–H and O–H groups in total. The molecule has 5 heteroatoms. The van der Waals surface area contributed by atoms with Gasteiger partial charge >= 0.3 is 5.97 Å². The van der Waals surface area contributed by atoms with E-state index in [1.165, 1.54) is 6.07 Å². The van der Waals surface area contributed by atoms with Crippen LogP contribution in [0.25, 0.3) is 33.7 Å². The van der Waals surface area contributed by atoms with E-state index in [9.17, 15) is 9.90 Å². The van der Waals surface area contributed by atoms with Gasteiger partial charge in [-0.2, -0.15) is 0 Å². The Bertz CT molecular complexity index is 1150. The number of hydrogen-bond donors (Lipinski definition) is 1. The maximum Gasteiger partial charge on any atom is 0.336 e. The van der Waals surface area contributed by atoms with E-state index < -0.39 is 5.97 Å². The van der Waals surface area contributed by atoms with E-state index in [1.54, 1.807) is 24.3 Å². The third-order valence-corrected chi connectivity index (χ3v) is 4.40. The number of pyridine rings is 1. The summed E-state index contributed by atoms with van der Waals surface area (Å²) in [5.41, 5.74) is 3.26. The molecular weight excluding hydrogens is 350 g/mol. The average molecular weight is 364 g/mol. The highest BCUT2D eigenvalue weighted by Gasteiger charge is 2.16. The summed E-state index contributed by atoms with van der Waals surface area (Å²) in [5, 5.41) is 10.5. The molecule has 0 atom stereocenters. The molecule has 2 heterocycles. The van der Waals surface area contributed by atoms with Crippen LogP contribution in [0.3, 0.4) is 0 Å². The molecule has 0 spiro atoms. The molecule has 4 nitrogen and oxygen atoms in total. The molecule has 128 valence electrons. The third-order valence-electron chi connectivity index (χ3n) is 4.16. The van der Waals surface area contributed by atoms with Gasteiger partial charge in [-0.05, 0) is 49.4 Å². The highest BCUT2D eigenvalue weighted by Crippen LogP contribution is 2.31. The zero-order chi connectivity index (χ0) is 18.3. The smallest absolute Gasteiger partial charge is 0.336 e. The summed E-state index contributed by atoms with van der Waals surface area (Å²) in [5.74, 6) is 0.186. The van der Waals surface area contributed by atoms with Crippen molar-refractivity contribution >= 4 is 28.5 Å². The van der Waals surface area contributed by atoms with Gasteiger partial charge in [0, 0.05) is 16.0 Å². The summed E-state index contributed by atoms with van der Waals surface area (Å²) in [6, 6.07) is 18.2. The Kier molecular flexibility index (Phi) is 3.98. The summed E-state index contributed by atoms with van der Waals surface area (Å²) in [4.78, 5) is 16.2. The van der Waals surface area contributed by atoms with Gasteiger partial charge in [-0.15, -0.1) is 0 Å². The first-order valence-electron chi connectivity index (χ1n) is 8.02. The number of aryl methyl sites for hydroxylation is 1. The number of carboxylic acids is 1. The molecule has 0 saturated carbocycles. The molecule has 0 saturated heterocycles. The van der Waals surface area contributed by atoms with Gasteiger partial charge in [0.15, 0.2) is 5.76 Å². The van der Waals surface area contributed by atoms with Crippen LogP contribution in [0.2, 0.25) is 5.02 Å². The number of aromatic nitrogens is 1. The van der Waals surface area contributed by atoms with Crippen LogP contribution in [-0.4, -0.2) is 16.1 Å². The maximum absolute atomic E-state index is 11.7. The SMILES string of the molecule is Cc1cccc(-c2ccc(-c3cc(C(=O)O)c4cc(Cl)ccc4n3)o2)c1.